The van der Waals surface area contributed by atoms with Gasteiger partial charge >= 0.3 is 6.17 Å². The van der Waals surface area contributed by atoms with Crippen LogP contribution >= 0.6 is 0 Å². The van der Waals surface area contributed by atoms with Gasteiger partial charge in [0.15, 0.2) is 0 Å². The lowest BCUT2D eigenvalue weighted by molar-refractivity contribution is -0.529. The van der Waals surface area contributed by atoms with E-state index in [0.717, 1.165) is 0 Å². The molecule has 0 saturated carbocycles. The zero-order valence-corrected chi connectivity index (χ0v) is 12.0. The molecule has 2 rings (SSSR count). The van der Waals surface area contributed by atoms with Gasteiger partial charge in [0.05, 0.1) is 9.85 Å². The first-order valence-corrected chi connectivity index (χ1v) is 6.74. The fraction of sp³-hybridized carbons (Fsp3) is 0.200. The monoisotopic (exact) mass is 301 g/mol. The third-order valence-electron chi connectivity index (χ3n) is 3.34. The van der Waals surface area contributed by atoms with E-state index in [9.17, 15) is 20.2 Å². The Balaban J connectivity index is 2.55. The Bertz CT molecular complexity index is 675. The second kappa shape index (κ2) is 6.66. The molecule has 1 atom stereocenters. The van der Waals surface area contributed by atoms with Gasteiger partial charge in [-0.25, -0.2) is 0 Å². The van der Waals surface area contributed by atoms with E-state index in [-0.39, 0.29) is 11.3 Å². The first kappa shape index (κ1) is 15.4. The van der Waals surface area contributed by atoms with Gasteiger partial charge < -0.3 is 4.90 Å². The molecule has 114 valence electrons. The summed E-state index contributed by atoms with van der Waals surface area (Å²) in [6.07, 6.45) is -1.31. The van der Waals surface area contributed by atoms with Gasteiger partial charge in [-0.1, -0.05) is 30.3 Å². The first-order valence-electron chi connectivity index (χ1n) is 6.74. The highest BCUT2D eigenvalue weighted by atomic mass is 16.6. The Morgan fingerprint density at radius 2 is 1.59 bits per heavy atom. The largest absolute Gasteiger partial charge is 0.319 e. The van der Waals surface area contributed by atoms with Crippen LogP contribution in [-0.4, -0.2) is 16.4 Å². The standard InChI is InChI=1S/C15H15N3O4/c1-2-16(12-8-4-3-5-9-12)15(18(21)22)13-10-6-7-11-14(13)17(19)20/h3-11,15H,2H2,1H3. The first-order chi connectivity index (χ1) is 10.6. The van der Waals surface area contributed by atoms with Crippen LogP contribution in [0.1, 0.15) is 18.7 Å². The van der Waals surface area contributed by atoms with Gasteiger partial charge in [0, 0.05) is 18.3 Å². The molecule has 2 aromatic rings. The summed E-state index contributed by atoms with van der Waals surface area (Å²) < 4.78 is 0. The van der Waals surface area contributed by atoms with Gasteiger partial charge in [0.25, 0.3) is 5.69 Å². The number of para-hydroxylation sites is 2. The summed E-state index contributed by atoms with van der Waals surface area (Å²) in [5, 5.41) is 22.8. The van der Waals surface area contributed by atoms with Crippen molar-refractivity contribution < 1.29 is 9.85 Å². The van der Waals surface area contributed by atoms with Crippen LogP contribution in [0.5, 0.6) is 0 Å². The summed E-state index contributed by atoms with van der Waals surface area (Å²) in [5.41, 5.74) is 0.464. The molecule has 0 aliphatic carbocycles. The van der Waals surface area contributed by atoms with Gasteiger partial charge in [-0.05, 0) is 25.1 Å². The fourth-order valence-electron chi connectivity index (χ4n) is 2.38. The van der Waals surface area contributed by atoms with Crippen molar-refractivity contribution >= 4 is 11.4 Å². The second-order valence-electron chi connectivity index (χ2n) is 4.60. The lowest BCUT2D eigenvalue weighted by Gasteiger charge is -2.26. The highest BCUT2D eigenvalue weighted by Gasteiger charge is 2.35. The second-order valence-corrected chi connectivity index (χ2v) is 4.60. The maximum Gasteiger partial charge on any atom is 0.319 e. The zero-order chi connectivity index (χ0) is 16.1. The topological polar surface area (TPSA) is 89.5 Å². The molecule has 0 spiro atoms. The number of hydrogen-bond acceptors (Lipinski definition) is 5. The third kappa shape index (κ3) is 3.03. The van der Waals surface area contributed by atoms with Gasteiger partial charge in [0.2, 0.25) is 0 Å². The maximum atomic E-state index is 11.6. The van der Waals surface area contributed by atoms with Gasteiger partial charge in [-0.15, -0.1) is 0 Å². The van der Waals surface area contributed by atoms with Crippen molar-refractivity contribution in [2.24, 2.45) is 0 Å². The van der Waals surface area contributed by atoms with Crippen molar-refractivity contribution in [3.63, 3.8) is 0 Å². The van der Waals surface area contributed by atoms with E-state index in [1.54, 1.807) is 37.3 Å². The Labute approximate surface area is 127 Å². The van der Waals surface area contributed by atoms with E-state index < -0.39 is 16.0 Å². The lowest BCUT2D eigenvalue weighted by atomic mass is 10.1. The van der Waals surface area contributed by atoms with E-state index in [1.807, 2.05) is 6.07 Å². The molecule has 0 amide bonds. The molecule has 0 heterocycles. The van der Waals surface area contributed by atoms with Crippen LogP contribution < -0.4 is 4.90 Å². The summed E-state index contributed by atoms with van der Waals surface area (Å²) in [7, 11) is 0. The molecule has 0 aliphatic rings. The summed E-state index contributed by atoms with van der Waals surface area (Å²) in [6.45, 7) is 2.12. The fourth-order valence-corrected chi connectivity index (χ4v) is 2.38. The zero-order valence-electron chi connectivity index (χ0n) is 12.0. The number of nitro groups is 2. The Hall–Kier alpha value is -2.96. The molecule has 0 saturated heterocycles. The van der Waals surface area contributed by atoms with Gasteiger partial charge in [-0.3, -0.25) is 20.2 Å². The van der Waals surface area contributed by atoms with Gasteiger partial charge in [-0.2, -0.15) is 0 Å². The minimum absolute atomic E-state index is 0.0724. The number of benzene rings is 2. The summed E-state index contributed by atoms with van der Waals surface area (Å²) in [5.74, 6) is 0. The van der Waals surface area contributed by atoms with E-state index >= 15 is 0 Å². The van der Waals surface area contributed by atoms with Crippen LogP contribution in [0.4, 0.5) is 11.4 Å². The van der Waals surface area contributed by atoms with Gasteiger partial charge in [0.1, 0.15) is 5.56 Å². The predicted octanol–water partition coefficient (Wildman–Crippen LogP) is 3.40. The Kier molecular flexibility index (Phi) is 4.67. The SMILES string of the molecule is CCN(c1ccccc1)C(c1ccccc1[N+](=O)[O-])[N+](=O)[O-]. The van der Waals surface area contributed by atoms with Crippen molar-refractivity contribution in [2.75, 3.05) is 11.4 Å². The predicted molar refractivity (Wildman–Crippen MR) is 82.3 cm³/mol. The molecule has 0 fully saturated rings. The average Bonchev–Trinajstić information content (AvgIpc) is 2.53. The number of nitro benzene ring substituents is 1. The van der Waals surface area contributed by atoms with Crippen LogP contribution in [0.15, 0.2) is 54.6 Å². The smallest absolute Gasteiger partial charge is 0.306 e. The highest BCUT2D eigenvalue weighted by Crippen LogP contribution is 2.32. The number of hydrogen-bond donors (Lipinski definition) is 0. The molecule has 22 heavy (non-hydrogen) atoms. The quantitative estimate of drug-likeness (QED) is 0.463. The number of rotatable bonds is 6. The minimum atomic E-state index is -1.31. The molecular formula is C15H15N3O4. The molecular weight excluding hydrogens is 286 g/mol. The van der Waals surface area contributed by atoms with E-state index in [0.29, 0.717) is 12.2 Å². The molecule has 7 nitrogen and oxygen atoms in total. The summed E-state index contributed by atoms with van der Waals surface area (Å²) in [6, 6.07) is 14.6. The molecule has 0 aromatic heterocycles. The van der Waals surface area contributed by atoms with Crippen molar-refractivity contribution in [2.45, 2.75) is 13.1 Å². The number of nitrogens with zero attached hydrogens (tertiary/aromatic N) is 3. The minimum Gasteiger partial charge on any atom is -0.306 e. The molecule has 2 aromatic carbocycles. The van der Waals surface area contributed by atoms with Crippen LogP contribution in [0.3, 0.4) is 0 Å². The van der Waals surface area contributed by atoms with Crippen molar-refractivity contribution in [1.29, 1.82) is 0 Å². The summed E-state index contributed by atoms with van der Waals surface area (Å²) >= 11 is 0. The maximum absolute atomic E-state index is 11.6. The van der Waals surface area contributed by atoms with Crippen LogP contribution in [0, 0.1) is 20.2 Å². The molecule has 7 heteroatoms. The third-order valence-corrected chi connectivity index (χ3v) is 3.34. The van der Waals surface area contributed by atoms with E-state index in [2.05, 4.69) is 0 Å². The number of anilines is 1. The van der Waals surface area contributed by atoms with E-state index in [4.69, 9.17) is 0 Å². The summed E-state index contributed by atoms with van der Waals surface area (Å²) in [4.78, 5) is 23.2. The van der Waals surface area contributed by atoms with Crippen molar-refractivity contribution in [3.05, 3.63) is 80.4 Å². The molecule has 0 N–H and O–H groups in total. The van der Waals surface area contributed by atoms with E-state index in [1.165, 1.54) is 23.1 Å². The lowest BCUT2D eigenvalue weighted by Crippen LogP contribution is -2.34. The molecule has 1 unspecified atom stereocenters. The van der Waals surface area contributed by atoms with Crippen LogP contribution in [-0.2, 0) is 0 Å². The van der Waals surface area contributed by atoms with Crippen LogP contribution in [0.25, 0.3) is 0 Å². The molecule has 0 radical (unpaired) electrons. The van der Waals surface area contributed by atoms with Crippen molar-refractivity contribution in [1.82, 2.24) is 0 Å². The van der Waals surface area contributed by atoms with Crippen LogP contribution in [0.2, 0.25) is 0 Å². The average molecular weight is 301 g/mol. The molecule has 0 aliphatic heterocycles. The normalized spacial score (nSPS) is 11.7. The Morgan fingerprint density at radius 1 is 1.00 bits per heavy atom. The Morgan fingerprint density at radius 3 is 2.14 bits per heavy atom. The molecule has 0 bridgehead atoms. The van der Waals surface area contributed by atoms with Crippen molar-refractivity contribution in [3.8, 4) is 0 Å². The highest BCUT2D eigenvalue weighted by molar-refractivity contribution is 5.51.